The smallest absolute Gasteiger partial charge is 0.0702 e. The molecule has 1 aromatic rings. The van der Waals surface area contributed by atoms with Gasteiger partial charge in [0.15, 0.2) is 0 Å². The average Bonchev–Trinajstić information content (AvgIpc) is 2.45. The quantitative estimate of drug-likeness (QED) is 0.874. The predicted octanol–water partition coefficient (Wildman–Crippen LogP) is 3.19. The van der Waals surface area contributed by atoms with Gasteiger partial charge in [0.05, 0.1) is 6.10 Å². The molecule has 2 unspecified atom stereocenters. The third-order valence-corrected chi connectivity index (χ3v) is 4.26. The van der Waals surface area contributed by atoms with E-state index >= 15 is 0 Å². The fourth-order valence-electron chi connectivity index (χ4n) is 3.37. The molecule has 1 aliphatic rings. The van der Waals surface area contributed by atoms with E-state index in [1.807, 2.05) is 0 Å². The molecular weight excluding hydrogens is 260 g/mol. The number of piperidine rings is 1. The zero-order valence-corrected chi connectivity index (χ0v) is 13.8. The van der Waals surface area contributed by atoms with Gasteiger partial charge in [-0.25, -0.2) is 0 Å². The highest BCUT2D eigenvalue weighted by atomic mass is 16.5. The first-order valence-electron chi connectivity index (χ1n) is 8.28. The van der Waals surface area contributed by atoms with Gasteiger partial charge in [-0.2, -0.15) is 0 Å². The van der Waals surface area contributed by atoms with Crippen LogP contribution < -0.4 is 5.73 Å². The molecule has 1 fully saturated rings. The van der Waals surface area contributed by atoms with Gasteiger partial charge >= 0.3 is 0 Å². The van der Waals surface area contributed by atoms with E-state index in [2.05, 4.69) is 43.9 Å². The number of nitrogens with zero attached hydrogens (tertiary/aromatic N) is 1. The van der Waals surface area contributed by atoms with Crippen LogP contribution in [-0.4, -0.2) is 37.2 Å². The van der Waals surface area contributed by atoms with Crippen LogP contribution in [0.15, 0.2) is 18.2 Å². The molecule has 0 aliphatic carbocycles. The standard InChI is InChI=1S/C18H30N2O/c1-4-8-21-17-6-5-7-20(13-17)18(12-19)16-10-14(2)9-15(3)11-16/h9-11,17-18H,4-8,12-13,19H2,1-3H3. The summed E-state index contributed by atoms with van der Waals surface area (Å²) in [6, 6.07) is 7.10. The topological polar surface area (TPSA) is 38.5 Å². The number of aryl methyl sites for hydroxylation is 2. The number of rotatable bonds is 6. The van der Waals surface area contributed by atoms with E-state index in [1.54, 1.807) is 0 Å². The second-order valence-electron chi connectivity index (χ2n) is 6.30. The molecule has 0 radical (unpaired) electrons. The molecule has 1 aliphatic heterocycles. The SMILES string of the molecule is CCCOC1CCCN(C(CN)c2cc(C)cc(C)c2)C1. The van der Waals surface area contributed by atoms with E-state index in [-0.39, 0.29) is 0 Å². The van der Waals surface area contributed by atoms with E-state index in [1.165, 1.54) is 29.5 Å². The van der Waals surface area contributed by atoms with E-state index in [0.29, 0.717) is 18.7 Å². The summed E-state index contributed by atoms with van der Waals surface area (Å²) in [7, 11) is 0. The summed E-state index contributed by atoms with van der Waals surface area (Å²) in [5, 5.41) is 0. The Balaban J connectivity index is 2.09. The Morgan fingerprint density at radius 1 is 1.29 bits per heavy atom. The first kappa shape index (κ1) is 16.5. The maximum Gasteiger partial charge on any atom is 0.0702 e. The van der Waals surface area contributed by atoms with Crippen molar-refractivity contribution in [2.45, 2.75) is 52.2 Å². The molecule has 118 valence electrons. The average molecular weight is 290 g/mol. The van der Waals surface area contributed by atoms with Crippen LogP contribution in [-0.2, 0) is 4.74 Å². The Morgan fingerprint density at radius 2 is 2.00 bits per heavy atom. The van der Waals surface area contributed by atoms with Gasteiger partial charge in [0.1, 0.15) is 0 Å². The second-order valence-corrected chi connectivity index (χ2v) is 6.30. The van der Waals surface area contributed by atoms with E-state index in [4.69, 9.17) is 10.5 Å². The van der Waals surface area contributed by atoms with Crippen molar-refractivity contribution in [3.63, 3.8) is 0 Å². The molecule has 21 heavy (non-hydrogen) atoms. The van der Waals surface area contributed by atoms with Crippen LogP contribution in [0.1, 0.15) is 48.9 Å². The molecule has 0 amide bonds. The Labute approximate surface area is 129 Å². The van der Waals surface area contributed by atoms with Gasteiger partial charge in [0.2, 0.25) is 0 Å². The molecule has 3 heteroatoms. The number of benzene rings is 1. The number of ether oxygens (including phenoxy) is 1. The molecule has 0 aromatic heterocycles. The summed E-state index contributed by atoms with van der Waals surface area (Å²) >= 11 is 0. The lowest BCUT2D eigenvalue weighted by atomic mass is 9.97. The Hall–Kier alpha value is -0.900. The molecular formula is C18H30N2O. The zero-order chi connectivity index (χ0) is 15.2. The molecule has 1 aromatic carbocycles. The predicted molar refractivity (Wildman–Crippen MR) is 88.5 cm³/mol. The summed E-state index contributed by atoms with van der Waals surface area (Å²) in [6.07, 6.45) is 3.85. The van der Waals surface area contributed by atoms with Crippen LogP contribution in [0.3, 0.4) is 0 Å². The van der Waals surface area contributed by atoms with Gasteiger partial charge in [-0.15, -0.1) is 0 Å². The van der Waals surface area contributed by atoms with Crippen LogP contribution in [0.4, 0.5) is 0 Å². The van der Waals surface area contributed by atoms with Crippen molar-refractivity contribution in [1.82, 2.24) is 4.90 Å². The van der Waals surface area contributed by atoms with Crippen molar-refractivity contribution in [3.8, 4) is 0 Å². The van der Waals surface area contributed by atoms with Gasteiger partial charge < -0.3 is 10.5 Å². The fraction of sp³-hybridized carbons (Fsp3) is 0.667. The number of likely N-dealkylation sites (tertiary alicyclic amines) is 1. The third-order valence-electron chi connectivity index (χ3n) is 4.26. The molecule has 1 saturated heterocycles. The molecule has 2 N–H and O–H groups in total. The highest BCUT2D eigenvalue weighted by Crippen LogP contribution is 2.26. The van der Waals surface area contributed by atoms with Gasteiger partial charge in [-0.05, 0) is 45.2 Å². The van der Waals surface area contributed by atoms with Gasteiger partial charge in [0, 0.05) is 25.7 Å². The Kier molecular flexibility index (Phi) is 6.22. The van der Waals surface area contributed by atoms with Crippen molar-refractivity contribution in [1.29, 1.82) is 0 Å². The van der Waals surface area contributed by atoms with Crippen molar-refractivity contribution >= 4 is 0 Å². The molecule has 3 nitrogen and oxygen atoms in total. The van der Waals surface area contributed by atoms with Crippen molar-refractivity contribution in [2.75, 3.05) is 26.2 Å². The maximum atomic E-state index is 6.10. The largest absolute Gasteiger partial charge is 0.377 e. The van der Waals surface area contributed by atoms with Gasteiger partial charge in [0.25, 0.3) is 0 Å². The molecule has 0 bridgehead atoms. The monoisotopic (exact) mass is 290 g/mol. The molecule has 0 saturated carbocycles. The highest BCUT2D eigenvalue weighted by molar-refractivity contribution is 5.31. The summed E-state index contributed by atoms with van der Waals surface area (Å²) < 4.78 is 5.96. The number of hydrogen-bond donors (Lipinski definition) is 1. The lowest BCUT2D eigenvalue weighted by Crippen LogP contribution is -2.44. The van der Waals surface area contributed by atoms with Gasteiger partial charge in [-0.1, -0.05) is 36.2 Å². The summed E-state index contributed by atoms with van der Waals surface area (Å²) in [4.78, 5) is 2.51. The molecule has 0 spiro atoms. The minimum Gasteiger partial charge on any atom is -0.377 e. The normalized spacial score (nSPS) is 21.4. The minimum atomic E-state index is 0.316. The molecule has 1 heterocycles. The number of nitrogens with two attached hydrogens (primary N) is 1. The Morgan fingerprint density at radius 3 is 2.62 bits per heavy atom. The van der Waals surface area contributed by atoms with Crippen molar-refractivity contribution in [2.24, 2.45) is 5.73 Å². The van der Waals surface area contributed by atoms with Crippen molar-refractivity contribution < 1.29 is 4.74 Å². The van der Waals surface area contributed by atoms with Gasteiger partial charge in [-0.3, -0.25) is 4.90 Å². The first-order chi connectivity index (χ1) is 10.1. The minimum absolute atomic E-state index is 0.316. The second kappa shape index (κ2) is 7.92. The summed E-state index contributed by atoms with van der Waals surface area (Å²) in [5.74, 6) is 0. The highest BCUT2D eigenvalue weighted by Gasteiger charge is 2.26. The maximum absolute atomic E-state index is 6.10. The Bertz CT molecular complexity index is 427. The van der Waals surface area contributed by atoms with E-state index in [9.17, 15) is 0 Å². The van der Waals surface area contributed by atoms with Crippen LogP contribution in [0, 0.1) is 13.8 Å². The fourth-order valence-corrected chi connectivity index (χ4v) is 3.37. The van der Waals surface area contributed by atoms with Crippen LogP contribution in [0.25, 0.3) is 0 Å². The molecule has 2 atom stereocenters. The third kappa shape index (κ3) is 4.53. The summed E-state index contributed by atoms with van der Waals surface area (Å²) in [5.41, 5.74) is 10.1. The molecule has 2 rings (SSSR count). The lowest BCUT2D eigenvalue weighted by Gasteiger charge is -2.38. The first-order valence-corrected chi connectivity index (χ1v) is 8.28. The van der Waals surface area contributed by atoms with Crippen LogP contribution in [0.2, 0.25) is 0 Å². The van der Waals surface area contributed by atoms with Crippen LogP contribution >= 0.6 is 0 Å². The van der Waals surface area contributed by atoms with E-state index in [0.717, 1.165) is 26.1 Å². The van der Waals surface area contributed by atoms with Crippen molar-refractivity contribution in [3.05, 3.63) is 34.9 Å². The zero-order valence-electron chi connectivity index (χ0n) is 13.8. The van der Waals surface area contributed by atoms with E-state index < -0.39 is 0 Å². The summed E-state index contributed by atoms with van der Waals surface area (Å²) in [6.45, 7) is 10.2. The lowest BCUT2D eigenvalue weighted by molar-refractivity contribution is -0.0118. The van der Waals surface area contributed by atoms with Crippen LogP contribution in [0.5, 0.6) is 0 Å². The number of hydrogen-bond acceptors (Lipinski definition) is 3.